The predicted octanol–water partition coefficient (Wildman–Crippen LogP) is 4.50. The number of rotatable bonds is 6. The number of fused-ring (bicyclic) bond motifs is 1. The lowest BCUT2D eigenvalue weighted by atomic mass is 10.1. The van der Waals surface area contributed by atoms with Gasteiger partial charge in [0, 0.05) is 15.0 Å². The second kappa shape index (κ2) is 9.27. The fourth-order valence-electron chi connectivity index (χ4n) is 2.73. The smallest absolute Gasteiger partial charge is 0.277 e. The molecule has 1 amide bonds. The highest BCUT2D eigenvalue weighted by Gasteiger charge is 2.12. The number of amides is 1. The second-order valence-corrected chi connectivity index (χ2v) is 8.09. The number of hydrogen-bond donors (Lipinski definition) is 1. The molecule has 4 rings (SSSR count). The molecule has 0 aliphatic carbocycles. The van der Waals surface area contributed by atoms with Gasteiger partial charge in [-0.15, -0.1) is 0 Å². The largest absolute Gasteiger partial charge is 0.483 e. The summed E-state index contributed by atoms with van der Waals surface area (Å²) in [4.78, 5) is 24.6. The van der Waals surface area contributed by atoms with Gasteiger partial charge >= 0.3 is 0 Å². The van der Waals surface area contributed by atoms with Crippen molar-refractivity contribution in [1.82, 2.24) is 10.6 Å². The van der Waals surface area contributed by atoms with Crippen molar-refractivity contribution < 1.29 is 18.5 Å². The topological polar surface area (TPSA) is 107 Å². The molecule has 4 aromatic rings. The number of hydrazone groups is 1. The number of halogens is 2. The Morgan fingerprint density at radius 3 is 2.77 bits per heavy atom. The van der Waals surface area contributed by atoms with E-state index in [9.17, 15) is 9.59 Å². The van der Waals surface area contributed by atoms with Crippen LogP contribution in [0.5, 0.6) is 5.75 Å². The second-order valence-electron chi connectivity index (χ2n) is 6.26. The van der Waals surface area contributed by atoms with Crippen LogP contribution in [0.1, 0.15) is 5.56 Å². The molecule has 10 heteroatoms. The number of carbonyl (C=O) groups is 1. The zero-order chi connectivity index (χ0) is 21.8. The lowest BCUT2D eigenvalue weighted by Crippen LogP contribution is -2.25. The molecule has 0 atom stereocenters. The van der Waals surface area contributed by atoms with E-state index in [1.807, 2.05) is 0 Å². The standard InChI is InChI=1S/C21H13Br2N3O5/c22-13-1-3-17(15(7-13)19-5-6-25-31-19)30-11-20(27)26-24-9-12-10-29-18-4-2-14(23)8-16(18)21(12)28/h1-10H,11H2,(H,26,27)/b24-9+. The Balaban J connectivity index is 1.42. The maximum absolute atomic E-state index is 12.5. The van der Waals surface area contributed by atoms with Gasteiger partial charge in [0.1, 0.15) is 17.6 Å². The highest BCUT2D eigenvalue weighted by molar-refractivity contribution is 9.10. The summed E-state index contributed by atoms with van der Waals surface area (Å²) in [6.45, 7) is -0.292. The Hall–Kier alpha value is -3.24. The van der Waals surface area contributed by atoms with E-state index in [2.05, 4.69) is 47.5 Å². The third-order valence-electron chi connectivity index (χ3n) is 4.16. The van der Waals surface area contributed by atoms with Gasteiger partial charge in [0.2, 0.25) is 5.43 Å². The minimum atomic E-state index is -0.504. The van der Waals surface area contributed by atoms with E-state index in [4.69, 9.17) is 13.7 Å². The van der Waals surface area contributed by atoms with Crippen molar-refractivity contribution in [3.05, 3.63) is 79.7 Å². The summed E-state index contributed by atoms with van der Waals surface area (Å²) in [6, 6.07) is 12.1. The van der Waals surface area contributed by atoms with Crippen LogP contribution in [0, 0.1) is 0 Å². The van der Waals surface area contributed by atoms with Crippen LogP contribution in [0.25, 0.3) is 22.3 Å². The highest BCUT2D eigenvalue weighted by Crippen LogP contribution is 2.32. The third-order valence-corrected chi connectivity index (χ3v) is 5.14. The number of ether oxygens (including phenoxy) is 1. The minimum Gasteiger partial charge on any atom is -0.483 e. The van der Waals surface area contributed by atoms with Crippen LogP contribution in [0.2, 0.25) is 0 Å². The van der Waals surface area contributed by atoms with Gasteiger partial charge in [0.15, 0.2) is 12.4 Å². The van der Waals surface area contributed by atoms with Crippen molar-refractivity contribution in [1.29, 1.82) is 0 Å². The molecule has 0 bridgehead atoms. The van der Waals surface area contributed by atoms with Crippen LogP contribution < -0.4 is 15.6 Å². The van der Waals surface area contributed by atoms with Gasteiger partial charge in [0.05, 0.1) is 28.9 Å². The van der Waals surface area contributed by atoms with Gasteiger partial charge in [-0.25, -0.2) is 5.43 Å². The maximum Gasteiger partial charge on any atom is 0.277 e. The average Bonchev–Trinajstić information content (AvgIpc) is 3.29. The molecule has 1 N–H and O–H groups in total. The fraction of sp³-hybridized carbons (Fsp3) is 0.0476. The molecule has 0 fully saturated rings. The van der Waals surface area contributed by atoms with Crippen LogP contribution in [-0.2, 0) is 4.79 Å². The number of benzene rings is 2. The third kappa shape index (κ3) is 4.92. The first kappa shape index (κ1) is 21.0. The van der Waals surface area contributed by atoms with Crippen LogP contribution in [-0.4, -0.2) is 23.9 Å². The van der Waals surface area contributed by atoms with Crippen molar-refractivity contribution >= 4 is 55.0 Å². The van der Waals surface area contributed by atoms with Crippen LogP contribution in [0.4, 0.5) is 0 Å². The number of carbonyl (C=O) groups excluding carboxylic acids is 1. The monoisotopic (exact) mass is 545 g/mol. The SMILES string of the molecule is O=C(COc1ccc(Br)cc1-c1ccno1)N/N=C/c1coc2ccc(Br)cc2c1=O. The number of hydrogen-bond acceptors (Lipinski definition) is 7. The van der Waals surface area contributed by atoms with Gasteiger partial charge in [-0.2, -0.15) is 5.10 Å². The Morgan fingerprint density at radius 1 is 1.16 bits per heavy atom. The lowest BCUT2D eigenvalue weighted by Gasteiger charge is -2.09. The molecule has 2 aromatic heterocycles. The summed E-state index contributed by atoms with van der Waals surface area (Å²) in [6.07, 6.45) is 4.03. The van der Waals surface area contributed by atoms with E-state index in [0.29, 0.717) is 28.0 Å². The normalized spacial score (nSPS) is 11.2. The molecular weight excluding hydrogens is 534 g/mol. The molecule has 0 unspecified atom stereocenters. The Morgan fingerprint density at radius 2 is 1.97 bits per heavy atom. The van der Waals surface area contributed by atoms with E-state index in [-0.39, 0.29) is 17.6 Å². The van der Waals surface area contributed by atoms with Crippen LogP contribution in [0.3, 0.4) is 0 Å². The lowest BCUT2D eigenvalue weighted by molar-refractivity contribution is -0.123. The Kier molecular flexibility index (Phi) is 6.28. The fourth-order valence-corrected chi connectivity index (χ4v) is 3.45. The number of nitrogens with one attached hydrogen (secondary N) is 1. The van der Waals surface area contributed by atoms with Crippen molar-refractivity contribution in [3.63, 3.8) is 0 Å². The summed E-state index contributed by atoms with van der Waals surface area (Å²) < 4.78 is 17.8. The molecule has 156 valence electrons. The molecule has 2 heterocycles. The van der Waals surface area contributed by atoms with Crippen molar-refractivity contribution in [2.75, 3.05) is 6.61 Å². The molecule has 0 saturated carbocycles. The van der Waals surface area contributed by atoms with Gasteiger partial charge in [-0.05, 0) is 36.4 Å². The molecule has 0 saturated heterocycles. The minimum absolute atomic E-state index is 0.201. The zero-order valence-corrected chi connectivity index (χ0v) is 18.8. The van der Waals surface area contributed by atoms with Crippen LogP contribution in [0.15, 0.2) is 82.7 Å². The van der Waals surface area contributed by atoms with Gasteiger partial charge < -0.3 is 13.7 Å². The quantitative estimate of drug-likeness (QED) is 0.282. The number of aromatic nitrogens is 1. The Bertz CT molecular complexity index is 1330. The predicted molar refractivity (Wildman–Crippen MR) is 121 cm³/mol. The van der Waals surface area contributed by atoms with Crippen molar-refractivity contribution in [2.24, 2.45) is 5.10 Å². The summed E-state index contributed by atoms with van der Waals surface area (Å²) in [5.74, 6) is 0.444. The first-order valence-corrected chi connectivity index (χ1v) is 10.5. The first-order valence-electron chi connectivity index (χ1n) is 8.87. The van der Waals surface area contributed by atoms with Crippen molar-refractivity contribution in [2.45, 2.75) is 0 Å². The summed E-state index contributed by atoms with van der Waals surface area (Å²) in [7, 11) is 0. The molecule has 0 aliphatic heterocycles. The summed E-state index contributed by atoms with van der Waals surface area (Å²) >= 11 is 6.71. The first-order chi connectivity index (χ1) is 15.0. The molecule has 0 aliphatic rings. The maximum atomic E-state index is 12.5. The molecular formula is C21H13Br2N3O5. The van der Waals surface area contributed by atoms with Gasteiger partial charge in [-0.3, -0.25) is 9.59 Å². The van der Waals surface area contributed by atoms with E-state index in [1.165, 1.54) is 18.7 Å². The Labute approximate surface area is 192 Å². The van der Waals surface area contributed by atoms with Crippen LogP contribution >= 0.6 is 31.9 Å². The van der Waals surface area contributed by atoms with Gasteiger partial charge in [0.25, 0.3) is 5.91 Å². The van der Waals surface area contributed by atoms with E-state index in [1.54, 1.807) is 42.5 Å². The molecule has 31 heavy (non-hydrogen) atoms. The van der Waals surface area contributed by atoms with E-state index in [0.717, 1.165) is 8.95 Å². The van der Waals surface area contributed by atoms with Gasteiger partial charge in [-0.1, -0.05) is 37.0 Å². The summed E-state index contributed by atoms with van der Waals surface area (Å²) in [5, 5.41) is 7.91. The molecule has 0 radical (unpaired) electrons. The zero-order valence-electron chi connectivity index (χ0n) is 15.7. The van der Waals surface area contributed by atoms with Crippen molar-refractivity contribution in [3.8, 4) is 17.1 Å². The molecule has 0 spiro atoms. The summed E-state index contributed by atoms with van der Waals surface area (Å²) in [5.41, 5.74) is 3.36. The van der Waals surface area contributed by atoms with E-state index < -0.39 is 5.91 Å². The number of nitrogens with zero attached hydrogens (tertiary/aromatic N) is 2. The average molecular weight is 547 g/mol. The molecule has 2 aromatic carbocycles. The molecule has 8 nitrogen and oxygen atoms in total. The van der Waals surface area contributed by atoms with E-state index >= 15 is 0 Å². The highest BCUT2D eigenvalue weighted by atomic mass is 79.9.